The highest BCUT2D eigenvalue weighted by atomic mass is 32.2. The molecule has 7 nitrogen and oxygen atoms in total. The third-order valence-corrected chi connectivity index (χ3v) is 5.19. The molecule has 1 atom stereocenters. The molecule has 0 aromatic heterocycles. The summed E-state index contributed by atoms with van der Waals surface area (Å²) in [5.74, 6) is -1.07. The zero-order valence-corrected chi connectivity index (χ0v) is 11.7. The molecule has 2 saturated heterocycles. The van der Waals surface area contributed by atoms with Crippen molar-refractivity contribution in [3.8, 4) is 0 Å². The van der Waals surface area contributed by atoms with E-state index in [0.29, 0.717) is 25.9 Å². The monoisotopic (exact) mass is 291 g/mol. The highest BCUT2D eigenvalue weighted by Crippen LogP contribution is 2.20. The molecule has 19 heavy (non-hydrogen) atoms. The number of hydrogen-bond acceptors (Lipinski definition) is 4. The maximum atomic E-state index is 12.3. The lowest BCUT2D eigenvalue weighted by Crippen LogP contribution is -2.56. The van der Waals surface area contributed by atoms with Gasteiger partial charge in [-0.1, -0.05) is 6.42 Å². The lowest BCUT2D eigenvalue weighted by molar-refractivity contribution is -0.142. The average molecular weight is 291 g/mol. The van der Waals surface area contributed by atoms with Gasteiger partial charge in [-0.25, -0.2) is 5.01 Å². The zero-order chi connectivity index (χ0) is 13.9. The number of piperidine rings is 2. The van der Waals surface area contributed by atoms with Crippen LogP contribution >= 0.6 is 0 Å². The highest BCUT2D eigenvalue weighted by Gasteiger charge is 2.37. The van der Waals surface area contributed by atoms with Crippen molar-refractivity contribution in [3.05, 3.63) is 0 Å². The quantitative estimate of drug-likeness (QED) is 0.770. The predicted octanol–water partition coefficient (Wildman–Crippen LogP) is 0.161. The van der Waals surface area contributed by atoms with Gasteiger partial charge in [-0.05, 0) is 32.1 Å². The molecule has 2 heterocycles. The minimum atomic E-state index is -3.75. The first-order chi connectivity index (χ1) is 9.00. The van der Waals surface area contributed by atoms with E-state index < -0.39 is 22.2 Å². The standard InChI is InChI=1S/C11H21N3O4S/c15-11(16)10-6-2-5-9-14(10)19(17,18)12-13-7-3-1-4-8-13/h10,12H,1-9H2,(H,15,16)/t10-/m0/s1. The Balaban J connectivity index is 2.05. The van der Waals surface area contributed by atoms with Gasteiger partial charge < -0.3 is 5.11 Å². The SMILES string of the molecule is O=C(O)[C@@H]1CCCCN1S(=O)(=O)NN1CCCCC1. The molecule has 0 aliphatic carbocycles. The van der Waals surface area contributed by atoms with Crippen molar-refractivity contribution in [2.45, 2.75) is 44.6 Å². The second-order valence-electron chi connectivity index (χ2n) is 5.10. The molecule has 2 aliphatic rings. The maximum absolute atomic E-state index is 12.3. The second-order valence-corrected chi connectivity index (χ2v) is 6.71. The molecule has 2 aliphatic heterocycles. The summed E-state index contributed by atoms with van der Waals surface area (Å²) in [6.07, 6.45) is 4.89. The van der Waals surface area contributed by atoms with Crippen LogP contribution in [0, 0.1) is 0 Å². The van der Waals surface area contributed by atoms with Gasteiger partial charge >= 0.3 is 5.97 Å². The summed E-state index contributed by atoms with van der Waals surface area (Å²) in [7, 11) is -3.75. The normalized spacial score (nSPS) is 27.3. The van der Waals surface area contributed by atoms with E-state index in [0.717, 1.165) is 30.0 Å². The van der Waals surface area contributed by atoms with Crippen LogP contribution in [0.15, 0.2) is 0 Å². The molecule has 2 N–H and O–H groups in total. The summed E-state index contributed by atoms with van der Waals surface area (Å²) >= 11 is 0. The van der Waals surface area contributed by atoms with E-state index in [1.54, 1.807) is 5.01 Å². The Morgan fingerprint density at radius 3 is 2.32 bits per heavy atom. The number of carboxylic acids is 1. The number of rotatable bonds is 4. The van der Waals surface area contributed by atoms with E-state index in [2.05, 4.69) is 4.83 Å². The molecule has 2 rings (SSSR count). The number of nitrogens with one attached hydrogen (secondary N) is 1. The minimum Gasteiger partial charge on any atom is -0.480 e. The van der Waals surface area contributed by atoms with Gasteiger partial charge in [0.2, 0.25) is 0 Å². The summed E-state index contributed by atoms with van der Waals surface area (Å²) in [4.78, 5) is 13.7. The summed E-state index contributed by atoms with van der Waals surface area (Å²) in [5.41, 5.74) is 0. The Kier molecular flexibility index (Phi) is 4.77. The molecule has 0 aromatic carbocycles. The summed E-state index contributed by atoms with van der Waals surface area (Å²) < 4.78 is 25.6. The van der Waals surface area contributed by atoms with Gasteiger partial charge in [0, 0.05) is 19.6 Å². The van der Waals surface area contributed by atoms with Crippen molar-refractivity contribution in [1.82, 2.24) is 14.1 Å². The Bertz CT molecular complexity index is 420. The molecular weight excluding hydrogens is 270 g/mol. The van der Waals surface area contributed by atoms with Gasteiger partial charge in [-0.3, -0.25) is 4.79 Å². The van der Waals surface area contributed by atoms with Crippen LogP contribution in [0.1, 0.15) is 38.5 Å². The molecule has 0 radical (unpaired) electrons. The Morgan fingerprint density at radius 1 is 1.05 bits per heavy atom. The molecule has 0 saturated carbocycles. The van der Waals surface area contributed by atoms with Crippen molar-refractivity contribution < 1.29 is 18.3 Å². The Labute approximate surface area is 113 Å². The zero-order valence-electron chi connectivity index (χ0n) is 10.9. The first-order valence-electron chi connectivity index (χ1n) is 6.78. The topological polar surface area (TPSA) is 90.0 Å². The van der Waals surface area contributed by atoms with Crippen molar-refractivity contribution >= 4 is 16.2 Å². The predicted molar refractivity (Wildman–Crippen MR) is 69.5 cm³/mol. The van der Waals surface area contributed by atoms with E-state index in [9.17, 15) is 13.2 Å². The van der Waals surface area contributed by atoms with Crippen molar-refractivity contribution in [2.75, 3.05) is 19.6 Å². The molecule has 0 unspecified atom stereocenters. The molecule has 0 spiro atoms. The molecule has 0 amide bonds. The van der Waals surface area contributed by atoms with Gasteiger partial charge in [0.1, 0.15) is 6.04 Å². The minimum absolute atomic E-state index is 0.278. The Morgan fingerprint density at radius 2 is 1.68 bits per heavy atom. The van der Waals surface area contributed by atoms with E-state index in [1.165, 1.54) is 0 Å². The third kappa shape index (κ3) is 3.65. The summed E-state index contributed by atoms with van der Waals surface area (Å²) in [6, 6.07) is -0.934. The molecular formula is C11H21N3O4S. The number of nitrogens with zero attached hydrogens (tertiary/aromatic N) is 2. The van der Waals surface area contributed by atoms with E-state index in [4.69, 9.17) is 5.11 Å². The molecule has 2 fully saturated rings. The van der Waals surface area contributed by atoms with Gasteiger partial charge in [-0.15, -0.1) is 4.83 Å². The van der Waals surface area contributed by atoms with Crippen LogP contribution in [0.3, 0.4) is 0 Å². The summed E-state index contributed by atoms with van der Waals surface area (Å²) in [5, 5.41) is 10.8. The van der Waals surface area contributed by atoms with Crippen molar-refractivity contribution in [2.24, 2.45) is 0 Å². The van der Waals surface area contributed by atoms with Gasteiger partial charge in [0.05, 0.1) is 0 Å². The van der Waals surface area contributed by atoms with Gasteiger partial charge in [0.25, 0.3) is 10.2 Å². The number of aliphatic carboxylic acids is 1. The van der Waals surface area contributed by atoms with Gasteiger partial charge in [-0.2, -0.15) is 12.7 Å². The smallest absolute Gasteiger partial charge is 0.322 e. The van der Waals surface area contributed by atoms with E-state index in [1.807, 2.05) is 0 Å². The summed E-state index contributed by atoms with van der Waals surface area (Å²) in [6.45, 7) is 1.65. The number of hydrogen-bond donors (Lipinski definition) is 2. The van der Waals surface area contributed by atoms with Gasteiger partial charge in [0.15, 0.2) is 0 Å². The lowest BCUT2D eigenvalue weighted by atomic mass is 10.1. The van der Waals surface area contributed by atoms with Crippen LogP contribution in [-0.4, -0.2) is 54.5 Å². The highest BCUT2D eigenvalue weighted by molar-refractivity contribution is 7.87. The second kappa shape index (κ2) is 6.17. The van der Waals surface area contributed by atoms with Crippen LogP contribution in [0.5, 0.6) is 0 Å². The van der Waals surface area contributed by atoms with Crippen LogP contribution in [0.2, 0.25) is 0 Å². The first-order valence-corrected chi connectivity index (χ1v) is 8.22. The molecule has 110 valence electrons. The first kappa shape index (κ1) is 14.7. The fourth-order valence-corrected chi connectivity index (χ4v) is 4.15. The maximum Gasteiger partial charge on any atom is 0.322 e. The molecule has 8 heteroatoms. The fraction of sp³-hybridized carbons (Fsp3) is 0.909. The fourth-order valence-electron chi connectivity index (χ4n) is 2.64. The molecule has 0 bridgehead atoms. The molecule has 0 aromatic rings. The number of hydrazine groups is 1. The van der Waals surface area contributed by atoms with E-state index in [-0.39, 0.29) is 6.54 Å². The Hall–Kier alpha value is -0.700. The van der Waals surface area contributed by atoms with Crippen LogP contribution in [-0.2, 0) is 15.0 Å². The van der Waals surface area contributed by atoms with Crippen LogP contribution in [0.25, 0.3) is 0 Å². The number of carboxylic acid groups (broad SMARTS) is 1. The van der Waals surface area contributed by atoms with Crippen molar-refractivity contribution in [3.63, 3.8) is 0 Å². The van der Waals surface area contributed by atoms with Crippen molar-refractivity contribution in [1.29, 1.82) is 0 Å². The largest absolute Gasteiger partial charge is 0.480 e. The third-order valence-electron chi connectivity index (χ3n) is 3.65. The van der Waals surface area contributed by atoms with Crippen LogP contribution in [0.4, 0.5) is 0 Å². The van der Waals surface area contributed by atoms with E-state index >= 15 is 0 Å². The van der Waals surface area contributed by atoms with Crippen LogP contribution < -0.4 is 4.83 Å². The lowest BCUT2D eigenvalue weighted by Gasteiger charge is -2.35. The number of carbonyl (C=O) groups is 1. The average Bonchev–Trinajstić information content (AvgIpc) is 2.39.